The smallest absolute Gasteiger partial charge is 0.119 e. The van der Waals surface area contributed by atoms with Gasteiger partial charge in [0, 0.05) is 12.1 Å². The molecule has 0 radical (unpaired) electrons. The molecule has 1 unspecified atom stereocenters. The van der Waals surface area contributed by atoms with Crippen molar-refractivity contribution in [1.29, 1.82) is 0 Å². The van der Waals surface area contributed by atoms with E-state index in [0.717, 1.165) is 6.42 Å². The molecule has 1 atom stereocenters. The van der Waals surface area contributed by atoms with Crippen molar-refractivity contribution >= 4 is 6.21 Å². The molecule has 2 N–H and O–H groups in total. The largest absolute Gasteiger partial charge is 0.384 e. The Morgan fingerprint density at radius 2 is 2.33 bits per heavy atom. The predicted molar refractivity (Wildman–Crippen MR) is 52.9 cm³/mol. The van der Waals surface area contributed by atoms with Crippen molar-refractivity contribution in [3.05, 3.63) is 23.0 Å². The minimum Gasteiger partial charge on any atom is -0.384 e. The fourth-order valence-corrected chi connectivity index (χ4v) is 1.35. The molecule has 0 aliphatic carbocycles. The van der Waals surface area contributed by atoms with Gasteiger partial charge in [-0.1, -0.05) is 19.4 Å². The molecule has 0 saturated heterocycles. The molecule has 1 aliphatic heterocycles. The molecule has 0 amide bonds. The Balaban J connectivity index is 2.93. The molecule has 1 heterocycles. The Kier molecular flexibility index (Phi) is 2.69. The molecule has 0 fully saturated rings. The van der Waals surface area contributed by atoms with Crippen LogP contribution in [0.2, 0.25) is 0 Å². The van der Waals surface area contributed by atoms with Gasteiger partial charge in [-0.05, 0) is 25.0 Å². The van der Waals surface area contributed by atoms with E-state index in [9.17, 15) is 0 Å². The van der Waals surface area contributed by atoms with E-state index in [4.69, 9.17) is 5.73 Å². The molecule has 0 aromatic heterocycles. The van der Waals surface area contributed by atoms with E-state index in [1.165, 1.54) is 11.1 Å². The van der Waals surface area contributed by atoms with Crippen molar-refractivity contribution in [2.24, 2.45) is 16.6 Å². The van der Waals surface area contributed by atoms with Gasteiger partial charge in [0.15, 0.2) is 0 Å². The highest BCUT2D eigenvalue weighted by Gasteiger charge is 2.10. The normalized spacial score (nSPS) is 26.9. The summed E-state index contributed by atoms with van der Waals surface area (Å²) in [6.07, 6.45) is 4.97. The molecule has 0 aromatic rings. The van der Waals surface area contributed by atoms with Gasteiger partial charge in [-0.25, -0.2) is 4.99 Å². The predicted octanol–water partition coefficient (Wildman–Crippen LogP) is 2.23. The van der Waals surface area contributed by atoms with E-state index in [-0.39, 0.29) is 0 Å². The minimum atomic E-state index is 0.419. The number of nitrogens with zero attached hydrogens (tertiary/aromatic N) is 1. The third-order valence-corrected chi connectivity index (χ3v) is 2.29. The zero-order chi connectivity index (χ0) is 9.14. The van der Waals surface area contributed by atoms with E-state index >= 15 is 0 Å². The van der Waals surface area contributed by atoms with Gasteiger partial charge in [0.05, 0.1) is 0 Å². The van der Waals surface area contributed by atoms with E-state index < -0.39 is 0 Å². The number of rotatable bonds is 1. The van der Waals surface area contributed by atoms with Crippen LogP contribution in [0.4, 0.5) is 0 Å². The Labute approximate surface area is 73.9 Å². The molecular formula is C10H16N2. The maximum Gasteiger partial charge on any atom is 0.119 e. The van der Waals surface area contributed by atoms with Crippen LogP contribution >= 0.6 is 0 Å². The van der Waals surface area contributed by atoms with Crippen LogP contribution in [0.1, 0.15) is 27.2 Å². The maximum absolute atomic E-state index is 5.57. The molecule has 0 saturated carbocycles. The summed E-state index contributed by atoms with van der Waals surface area (Å²) < 4.78 is 0. The standard InChI is InChI=1S/C10H16N2/c1-4-7(2)9-6-12-10(11)5-8(9)3/h5-6,8H,4,11H2,1-3H3/b9-7+. The molecular weight excluding hydrogens is 148 g/mol. The summed E-state index contributed by atoms with van der Waals surface area (Å²) in [5, 5.41) is 0. The summed E-state index contributed by atoms with van der Waals surface area (Å²) in [6.45, 7) is 6.45. The van der Waals surface area contributed by atoms with Crippen molar-refractivity contribution in [1.82, 2.24) is 0 Å². The van der Waals surface area contributed by atoms with Crippen molar-refractivity contribution in [3.8, 4) is 0 Å². The highest BCUT2D eigenvalue weighted by molar-refractivity contribution is 5.82. The van der Waals surface area contributed by atoms with Crippen LogP contribution in [0.25, 0.3) is 0 Å². The molecule has 1 rings (SSSR count). The SMILES string of the molecule is CC/C(C)=C1\C=NC(N)=CC1C. The van der Waals surface area contributed by atoms with Crippen LogP contribution in [-0.4, -0.2) is 6.21 Å². The zero-order valence-electron chi connectivity index (χ0n) is 7.96. The number of hydrogen-bond donors (Lipinski definition) is 1. The number of allylic oxidation sites excluding steroid dienone is 3. The summed E-state index contributed by atoms with van der Waals surface area (Å²) in [4.78, 5) is 4.09. The van der Waals surface area contributed by atoms with Crippen molar-refractivity contribution in [2.45, 2.75) is 27.2 Å². The minimum absolute atomic E-state index is 0.419. The van der Waals surface area contributed by atoms with Crippen LogP contribution in [0.15, 0.2) is 28.0 Å². The van der Waals surface area contributed by atoms with Gasteiger partial charge in [0.1, 0.15) is 5.82 Å². The monoisotopic (exact) mass is 164 g/mol. The Bertz CT molecular complexity index is 259. The first-order valence-corrected chi connectivity index (χ1v) is 4.36. The lowest BCUT2D eigenvalue weighted by molar-refractivity contribution is 0.847. The number of nitrogens with two attached hydrogens (primary N) is 1. The Morgan fingerprint density at radius 3 is 2.83 bits per heavy atom. The molecule has 2 nitrogen and oxygen atoms in total. The maximum atomic E-state index is 5.57. The van der Waals surface area contributed by atoms with E-state index in [2.05, 4.69) is 25.8 Å². The lowest BCUT2D eigenvalue weighted by atomic mass is 9.94. The van der Waals surface area contributed by atoms with Crippen LogP contribution in [0, 0.1) is 5.92 Å². The van der Waals surface area contributed by atoms with Crippen LogP contribution < -0.4 is 5.73 Å². The van der Waals surface area contributed by atoms with Crippen molar-refractivity contribution in [2.75, 3.05) is 0 Å². The lowest BCUT2D eigenvalue weighted by Gasteiger charge is -2.15. The molecule has 66 valence electrons. The summed E-state index contributed by atoms with van der Waals surface area (Å²) in [6, 6.07) is 0. The third kappa shape index (κ3) is 1.76. The van der Waals surface area contributed by atoms with E-state index in [1.54, 1.807) is 0 Å². The van der Waals surface area contributed by atoms with Crippen LogP contribution in [0.3, 0.4) is 0 Å². The zero-order valence-corrected chi connectivity index (χ0v) is 7.96. The Morgan fingerprint density at radius 1 is 1.67 bits per heavy atom. The molecule has 2 heteroatoms. The van der Waals surface area contributed by atoms with Gasteiger partial charge in [-0.15, -0.1) is 0 Å². The van der Waals surface area contributed by atoms with Gasteiger partial charge in [0.25, 0.3) is 0 Å². The second kappa shape index (κ2) is 3.57. The van der Waals surface area contributed by atoms with Gasteiger partial charge in [0.2, 0.25) is 0 Å². The van der Waals surface area contributed by atoms with Crippen LogP contribution in [0.5, 0.6) is 0 Å². The summed E-state index contributed by atoms with van der Waals surface area (Å²) in [5.41, 5.74) is 8.28. The quantitative estimate of drug-likeness (QED) is 0.634. The van der Waals surface area contributed by atoms with E-state index in [1.807, 2.05) is 12.3 Å². The summed E-state index contributed by atoms with van der Waals surface area (Å²) in [5.74, 6) is 1.05. The fourth-order valence-electron chi connectivity index (χ4n) is 1.35. The lowest BCUT2D eigenvalue weighted by Crippen LogP contribution is -2.10. The van der Waals surface area contributed by atoms with Gasteiger partial charge in [-0.2, -0.15) is 0 Å². The molecule has 12 heavy (non-hydrogen) atoms. The van der Waals surface area contributed by atoms with Gasteiger partial charge >= 0.3 is 0 Å². The average molecular weight is 164 g/mol. The molecule has 1 aliphatic rings. The number of hydrogen-bond acceptors (Lipinski definition) is 2. The second-order valence-corrected chi connectivity index (χ2v) is 3.23. The summed E-state index contributed by atoms with van der Waals surface area (Å²) in [7, 11) is 0. The highest BCUT2D eigenvalue weighted by Crippen LogP contribution is 2.21. The first-order valence-electron chi connectivity index (χ1n) is 4.36. The third-order valence-electron chi connectivity index (χ3n) is 2.29. The van der Waals surface area contributed by atoms with E-state index in [0.29, 0.717) is 11.7 Å². The van der Waals surface area contributed by atoms with Crippen molar-refractivity contribution < 1.29 is 0 Å². The second-order valence-electron chi connectivity index (χ2n) is 3.23. The fraction of sp³-hybridized carbons (Fsp3) is 0.500. The van der Waals surface area contributed by atoms with Gasteiger partial charge in [-0.3, -0.25) is 0 Å². The topological polar surface area (TPSA) is 38.4 Å². The Hall–Kier alpha value is -1.05. The summed E-state index contributed by atoms with van der Waals surface area (Å²) >= 11 is 0. The molecule has 0 spiro atoms. The average Bonchev–Trinajstić information content (AvgIpc) is 2.03. The van der Waals surface area contributed by atoms with Crippen molar-refractivity contribution in [3.63, 3.8) is 0 Å². The molecule has 0 aromatic carbocycles. The number of aliphatic imine (C=N–C) groups is 1. The van der Waals surface area contributed by atoms with Gasteiger partial charge < -0.3 is 5.73 Å². The first-order chi connectivity index (χ1) is 5.65. The molecule has 0 bridgehead atoms. The first kappa shape index (κ1) is 9.04. The highest BCUT2D eigenvalue weighted by atomic mass is 14.9. The van der Waals surface area contributed by atoms with Crippen LogP contribution in [-0.2, 0) is 0 Å².